The lowest BCUT2D eigenvalue weighted by atomic mass is 10.00. The van der Waals surface area contributed by atoms with E-state index in [2.05, 4.69) is 6.07 Å². The number of hydrogen-bond donors (Lipinski definition) is 1. The fraction of sp³-hybridized carbons (Fsp3) is 0.125. The number of hydrogen-bond acceptors (Lipinski definition) is 4. The molecule has 1 N–H and O–H groups in total. The van der Waals surface area contributed by atoms with Gasteiger partial charge in [-0.15, -0.1) is 0 Å². The van der Waals surface area contributed by atoms with E-state index in [1.54, 1.807) is 36.4 Å². The third-order valence-corrected chi connectivity index (χ3v) is 5.20. The number of carbonyl (C=O) groups excluding carboxylic acids is 1. The molecule has 1 aliphatic heterocycles. The Bertz CT molecular complexity index is 1170. The number of aromatic hydroxyl groups is 1. The zero-order chi connectivity index (χ0) is 21.1. The number of benzene rings is 3. The van der Waals surface area contributed by atoms with Gasteiger partial charge in [-0.3, -0.25) is 14.7 Å². The molecule has 0 saturated carbocycles. The maximum Gasteiger partial charge on any atom is 0.253 e. The first-order valence-corrected chi connectivity index (χ1v) is 9.84. The molecule has 0 fully saturated rings. The first-order chi connectivity index (χ1) is 14.6. The van der Waals surface area contributed by atoms with Gasteiger partial charge in [-0.2, -0.15) is 5.26 Å². The van der Waals surface area contributed by atoms with Crippen LogP contribution in [-0.4, -0.2) is 29.3 Å². The van der Waals surface area contributed by atoms with Crippen molar-refractivity contribution in [2.45, 2.75) is 12.5 Å². The number of amides is 1. The van der Waals surface area contributed by atoms with E-state index in [1.165, 1.54) is 4.90 Å². The number of phenolic OH excluding ortho intramolecular Hbond substituents is 1. The summed E-state index contributed by atoms with van der Waals surface area (Å²) in [5.41, 5.74) is 3.45. The Morgan fingerprint density at radius 3 is 2.60 bits per heavy atom. The number of anilines is 1. The summed E-state index contributed by atoms with van der Waals surface area (Å²) in [5, 5.41) is 19.8. The van der Waals surface area contributed by atoms with E-state index in [4.69, 9.17) is 16.6 Å². The van der Waals surface area contributed by atoms with E-state index in [0.29, 0.717) is 34.0 Å². The molecule has 0 aliphatic carbocycles. The Kier molecular flexibility index (Phi) is 5.51. The Balaban J connectivity index is 1.91. The van der Waals surface area contributed by atoms with Crippen molar-refractivity contribution in [1.29, 1.82) is 5.26 Å². The smallest absolute Gasteiger partial charge is 0.253 e. The van der Waals surface area contributed by atoms with Crippen molar-refractivity contribution in [3.63, 3.8) is 0 Å². The number of halogens is 1. The van der Waals surface area contributed by atoms with Gasteiger partial charge in [0.25, 0.3) is 5.91 Å². The van der Waals surface area contributed by atoms with E-state index in [0.717, 1.165) is 5.56 Å². The van der Waals surface area contributed by atoms with Gasteiger partial charge in [-0.1, -0.05) is 54.1 Å². The van der Waals surface area contributed by atoms with Crippen molar-refractivity contribution in [2.24, 2.45) is 4.99 Å². The molecule has 0 saturated heterocycles. The highest BCUT2D eigenvalue weighted by molar-refractivity contribution is 6.31. The van der Waals surface area contributed by atoms with Crippen molar-refractivity contribution in [2.75, 3.05) is 11.4 Å². The van der Waals surface area contributed by atoms with Crippen LogP contribution < -0.4 is 4.90 Å². The molecule has 0 aromatic heterocycles. The van der Waals surface area contributed by atoms with Crippen LogP contribution in [0, 0.1) is 11.3 Å². The lowest BCUT2D eigenvalue weighted by molar-refractivity contribution is -0.119. The van der Waals surface area contributed by atoms with Gasteiger partial charge in [0.05, 0.1) is 17.5 Å². The Morgan fingerprint density at radius 1 is 1.07 bits per heavy atom. The first-order valence-electron chi connectivity index (χ1n) is 9.46. The molecule has 5 nitrogen and oxygen atoms in total. The molecular formula is C24H18ClN3O2. The minimum atomic E-state index is -0.718. The normalized spacial score (nSPS) is 15.7. The number of phenols is 1. The van der Waals surface area contributed by atoms with Crippen LogP contribution in [0.15, 0.2) is 77.8 Å². The largest absolute Gasteiger partial charge is 0.508 e. The zero-order valence-electron chi connectivity index (χ0n) is 16.0. The van der Waals surface area contributed by atoms with Crippen molar-refractivity contribution in [3.05, 3.63) is 94.5 Å². The van der Waals surface area contributed by atoms with E-state index in [1.807, 2.05) is 36.4 Å². The van der Waals surface area contributed by atoms with Crippen molar-refractivity contribution < 1.29 is 9.90 Å². The van der Waals surface area contributed by atoms with Gasteiger partial charge < -0.3 is 5.11 Å². The van der Waals surface area contributed by atoms with Crippen LogP contribution in [0.2, 0.25) is 5.02 Å². The van der Waals surface area contributed by atoms with Crippen molar-refractivity contribution >= 4 is 28.9 Å². The summed E-state index contributed by atoms with van der Waals surface area (Å²) in [6.07, 6.45) is 0.394. The zero-order valence-corrected chi connectivity index (χ0v) is 16.8. The monoisotopic (exact) mass is 415 g/mol. The molecule has 6 heteroatoms. The molecule has 0 bridgehead atoms. The Hall–Kier alpha value is -3.62. The molecule has 1 atom stereocenters. The lowest BCUT2D eigenvalue weighted by Gasteiger charge is -2.22. The third kappa shape index (κ3) is 3.91. The highest BCUT2D eigenvalue weighted by Crippen LogP contribution is 2.32. The van der Waals surface area contributed by atoms with Crippen LogP contribution in [0.3, 0.4) is 0 Å². The second kappa shape index (κ2) is 8.40. The second-order valence-electron chi connectivity index (χ2n) is 6.98. The van der Waals surface area contributed by atoms with E-state index in [9.17, 15) is 15.2 Å². The van der Waals surface area contributed by atoms with Gasteiger partial charge in [-0.25, -0.2) is 0 Å². The molecular weight excluding hydrogens is 398 g/mol. The van der Waals surface area contributed by atoms with Crippen LogP contribution >= 0.6 is 11.6 Å². The van der Waals surface area contributed by atoms with E-state index < -0.39 is 6.04 Å². The molecule has 1 aliphatic rings. The van der Waals surface area contributed by atoms with Crippen molar-refractivity contribution in [1.82, 2.24) is 0 Å². The van der Waals surface area contributed by atoms with Gasteiger partial charge in [0, 0.05) is 22.6 Å². The number of rotatable bonds is 4. The van der Waals surface area contributed by atoms with Crippen LogP contribution in [0.25, 0.3) is 0 Å². The number of nitrogens with zero attached hydrogens (tertiary/aromatic N) is 3. The molecule has 3 aromatic rings. The highest BCUT2D eigenvalue weighted by atomic mass is 35.5. The summed E-state index contributed by atoms with van der Waals surface area (Å²) in [7, 11) is 0. The van der Waals surface area contributed by atoms with Gasteiger partial charge >= 0.3 is 0 Å². The van der Waals surface area contributed by atoms with E-state index >= 15 is 0 Å². The topological polar surface area (TPSA) is 76.7 Å². The lowest BCUT2D eigenvalue weighted by Crippen LogP contribution is -2.39. The highest BCUT2D eigenvalue weighted by Gasteiger charge is 2.32. The second-order valence-corrected chi connectivity index (χ2v) is 7.41. The Morgan fingerprint density at radius 2 is 1.87 bits per heavy atom. The number of nitriles is 1. The molecule has 148 valence electrons. The van der Waals surface area contributed by atoms with Crippen LogP contribution in [0.5, 0.6) is 5.75 Å². The fourth-order valence-electron chi connectivity index (χ4n) is 3.59. The van der Waals surface area contributed by atoms with Gasteiger partial charge in [0.1, 0.15) is 18.3 Å². The van der Waals surface area contributed by atoms with Gasteiger partial charge in [0.2, 0.25) is 0 Å². The number of aliphatic imine (C=N–C) groups is 1. The summed E-state index contributed by atoms with van der Waals surface area (Å²) in [6.45, 7) is -0.111. The standard InChI is InChI=1S/C24H18ClN3O2/c25-18-9-10-20-22(15-18)28(12-11-26)24(30)21(13-16-5-2-1-3-6-16)27-23(20)17-7-4-8-19(29)14-17/h1-10,14-15,21,29H,12-13H2. The number of carbonyl (C=O) groups is 1. The molecule has 30 heavy (non-hydrogen) atoms. The first kappa shape index (κ1) is 19.7. The molecule has 1 unspecified atom stereocenters. The van der Waals surface area contributed by atoms with Gasteiger partial charge in [-0.05, 0) is 35.9 Å². The predicted molar refractivity (Wildman–Crippen MR) is 117 cm³/mol. The maximum absolute atomic E-state index is 13.4. The minimum absolute atomic E-state index is 0.106. The predicted octanol–water partition coefficient (Wildman–Crippen LogP) is 4.36. The summed E-state index contributed by atoms with van der Waals surface area (Å²) in [5.74, 6) is -0.158. The van der Waals surface area contributed by atoms with Crippen molar-refractivity contribution in [3.8, 4) is 11.8 Å². The van der Waals surface area contributed by atoms with Crippen LogP contribution in [0.1, 0.15) is 16.7 Å². The fourth-order valence-corrected chi connectivity index (χ4v) is 3.76. The van der Waals surface area contributed by atoms with Gasteiger partial charge in [0.15, 0.2) is 0 Å². The quantitative estimate of drug-likeness (QED) is 0.643. The Labute approximate surface area is 179 Å². The van der Waals surface area contributed by atoms with Crippen LogP contribution in [0.4, 0.5) is 5.69 Å². The molecule has 0 spiro atoms. The molecule has 4 rings (SSSR count). The number of benzodiazepines with no additional fused rings is 1. The maximum atomic E-state index is 13.4. The summed E-state index contributed by atoms with van der Waals surface area (Å²) in [4.78, 5) is 19.7. The number of fused-ring (bicyclic) bond motifs is 1. The summed E-state index contributed by atoms with van der Waals surface area (Å²) >= 11 is 6.23. The average Bonchev–Trinajstić information content (AvgIpc) is 2.85. The SMILES string of the molecule is N#CCN1C(=O)C(Cc2ccccc2)N=C(c2cccc(O)c2)c2ccc(Cl)cc21. The van der Waals surface area contributed by atoms with Crippen LogP contribution in [-0.2, 0) is 11.2 Å². The molecule has 1 heterocycles. The third-order valence-electron chi connectivity index (χ3n) is 4.96. The molecule has 0 radical (unpaired) electrons. The van der Waals surface area contributed by atoms with E-state index in [-0.39, 0.29) is 18.2 Å². The minimum Gasteiger partial charge on any atom is -0.508 e. The average molecular weight is 416 g/mol. The summed E-state index contributed by atoms with van der Waals surface area (Å²) < 4.78 is 0. The molecule has 1 amide bonds. The summed E-state index contributed by atoms with van der Waals surface area (Å²) in [6, 6.07) is 22.9. The molecule has 3 aromatic carbocycles.